The molecular weight excluding hydrogens is 300 g/mol. The van der Waals surface area contributed by atoms with Crippen LogP contribution in [0.5, 0.6) is 0 Å². The zero-order chi connectivity index (χ0) is 15.9. The van der Waals surface area contributed by atoms with E-state index < -0.39 is 0 Å². The summed E-state index contributed by atoms with van der Waals surface area (Å²) in [5.74, 6) is 1.86. The predicted octanol–water partition coefficient (Wildman–Crippen LogP) is 1.62. The molecule has 126 valence electrons. The van der Waals surface area contributed by atoms with Crippen LogP contribution in [0.2, 0.25) is 0 Å². The normalized spacial score (nSPS) is 25.8. The van der Waals surface area contributed by atoms with Crippen LogP contribution in [-0.2, 0) is 14.3 Å². The van der Waals surface area contributed by atoms with Gasteiger partial charge in [0.25, 0.3) is 0 Å². The van der Waals surface area contributed by atoms with E-state index in [1.165, 1.54) is 24.6 Å². The lowest BCUT2D eigenvalue weighted by Gasteiger charge is -2.33. The predicted molar refractivity (Wildman–Crippen MR) is 88.9 cm³/mol. The first kappa shape index (κ1) is 17.6. The third-order valence-corrected chi connectivity index (χ3v) is 5.64. The van der Waals surface area contributed by atoms with Crippen LogP contribution in [0, 0.1) is 5.92 Å². The van der Waals surface area contributed by atoms with E-state index in [0.717, 1.165) is 18.8 Å². The van der Waals surface area contributed by atoms with Gasteiger partial charge in [-0.05, 0) is 31.6 Å². The molecule has 0 N–H and O–H groups in total. The number of morpholine rings is 1. The highest BCUT2D eigenvalue weighted by Crippen LogP contribution is 2.26. The zero-order valence-corrected chi connectivity index (χ0v) is 14.6. The zero-order valence-electron chi connectivity index (χ0n) is 13.8. The van der Waals surface area contributed by atoms with Crippen LogP contribution in [-0.4, -0.2) is 72.5 Å². The van der Waals surface area contributed by atoms with Gasteiger partial charge in [0.05, 0.1) is 24.7 Å². The fourth-order valence-electron chi connectivity index (χ4n) is 3.06. The molecule has 0 unspecified atom stereocenters. The van der Waals surface area contributed by atoms with Gasteiger partial charge in [0, 0.05) is 26.2 Å². The number of rotatable bonds is 5. The Morgan fingerprint density at radius 3 is 2.41 bits per heavy atom. The number of hydrogen-bond donors (Lipinski definition) is 0. The fourth-order valence-corrected chi connectivity index (χ4v) is 3.90. The van der Waals surface area contributed by atoms with Crippen molar-refractivity contribution in [2.75, 3.05) is 44.9 Å². The quantitative estimate of drug-likeness (QED) is 0.769. The number of nitrogens with zero attached hydrogens (tertiary/aromatic N) is 2. The van der Waals surface area contributed by atoms with Gasteiger partial charge in [-0.15, -0.1) is 11.8 Å². The third kappa shape index (κ3) is 5.16. The highest BCUT2D eigenvalue weighted by Gasteiger charge is 2.25. The standard InChI is InChI=1S/C16H28N2O3S/c1-13-3-5-14(6-4-13)17(2)15(19)11-22-12-16(20)18-7-9-21-10-8-18/h13-14H,3-12H2,1-2H3. The van der Waals surface area contributed by atoms with E-state index in [2.05, 4.69) is 6.92 Å². The lowest BCUT2D eigenvalue weighted by molar-refractivity contribution is -0.132. The van der Waals surface area contributed by atoms with E-state index in [9.17, 15) is 9.59 Å². The van der Waals surface area contributed by atoms with Crippen molar-refractivity contribution in [3.63, 3.8) is 0 Å². The Kier molecular flexibility index (Phi) is 7.02. The van der Waals surface area contributed by atoms with Crippen molar-refractivity contribution >= 4 is 23.6 Å². The van der Waals surface area contributed by atoms with Gasteiger partial charge < -0.3 is 14.5 Å². The topological polar surface area (TPSA) is 49.9 Å². The summed E-state index contributed by atoms with van der Waals surface area (Å²) in [6.45, 7) is 4.88. The maximum atomic E-state index is 12.2. The molecule has 1 aliphatic carbocycles. The van der Waals surface area contributed by atoms with Gasteiger partial charge in [-0.1, -0.05) is 6.92 Å². The molecule has 1 aliphatic heterocycles. The summed E-state index contributed by atoms with van der Waals surface area (Å²) in [5.41, 5.74) is 0. The Labute approximate surface area is 137 Å². The van der Waals surface area contributed by atoms with Crippen LogP contribution in [0.15, 0.2) is 0 Å². The van der Waals surface area contributed by atoms with Crippen molar-refractivity contribution in [3.05, 3.63) is 0 Å². The molecule has 1 saturated heterocycles. The molecule has 2 amide bonds. The molecule has 0 aromatic rings. The number of carbonyl (C=O) groups excluding carboxylic acids is 2. The fraction of sp³-hybridized carbons (Fsp3) is 0.875. The van der Waals surface area contributed by atoms with Crippen LogP contribution in [0.3, 0.4) is 0 Å². The van der Waals surface area contributed by atoms with Crippen LogP contribution < -0.4 is 0 Å². The second kappa shape index (κ2) is 8.77. The number of amides is 2. The van der Waals surface area contributed by atoms with E-state index in [1.54, 1.807) is 0 Å². The summed E-state index contributed by atoms with van der Waals surface area (Å²) < 4.78 is 5.24. The summed E-state index contributed by atoms with van der Waals surface area (Å²) in [6.07, 6.45) is 4.65. The van der Waals surface area contributed by atoms with E-state index in [1.807, 2.05) is 16.8 Å². The highest BCUT2D eigenvalue weighted by atomic mass is 32.2. The van der Waals surface area contributed by atoms with E-state index >= 15 is 0 Å². The summed E-state index contributed by atoms with van der Waals surface area (Å²) in [7, 11) is 1.91. The SMILES string of the molecule is CC1CCC(N(C)C(=O)CSCC(=O)N2CCOCC2)CC1. The Morgan fingerprint density at radius 1 is 1.14 bits per heavy atom. The molecule has 0 aromatic carbocycles. The van der Waals surface area contributed by atoms with Gasteiger partial charge in [-0.25, -0.2) is 0 Å². The van der Waals surface area contributed by atoms with Gasteiger partial charge in [-0.3, -0.25) is 9.59 Å². The first-order valence-electron chi connectivity index (χ1n) is 8.27. The van der Waals surface area contributed by atoms with Crippen molar-refractivity contribution in [1.82, 2.24) is 9.80 Å². The summed E-state index contributed by atoms with van der Waals surface area (Å²) >= 11 is 1.43. The average Bonchev–Trinajstić information content (AvgIpc) is 2.55. The average molecular weight is 328 g/mol. The molecule has 1 heterocycles. The molecule has 0 aromatic heterocycles. The Balaban J connectivity index is 1.65. The van der Waals surface area contributed by atoms with Crippen LogP contribution in [0.1, 0.15) is 32.6 Å². The molecule has 0 atom stereocenters. The smallest absolute Gasteiger partial charge is 0.232 e. The molecule has 22 heavy (non-hydrogen) atoms. The van der Waals surface area contributed by atoms with Crippen molar-refractivity contribution < 1.29 is 14.3 Å². The second-order valence-corrected chi connectivity index (χ2v) is 7.39. The summed E-state index contributed by atoms with van der Waals surface area (Å²) in [4.78, 5) is 28.0. The monoisotopic (exact) mass is 328 g/mol. The van der Waals surface area contributed by atoms with E-state index in [-0.39, 0.29) is 11.8 Å². The van der Waals surface area contributed by atoms with Crippen molar-refractivity contribution in [3.8, 4) is 0 Å². The molecule has 1 saturated carbocycles. The number of ether oxygens (including phenoxy) is 1. The molecule has 6 heteroatoms. The Morgan fingerprint density at radius 2 is 1.77 bits per heavy atom. The third-order valence-electron chi connectivity index (χ3n) is 4.74. The van der Waals surface area contributed by atoms with E-state index in [4.69, 9.17) is 4.74 Å². The molecule has 2 fully saturated rings. The van der Waals surface area contributed by atoms with Crippen LogP contribution in [0.4, 0.5) is 0 Å². The van der Waals surface area contributed by atoms with Crippen LogP contribution in [0.25, 0.3) is 0 Å². The number of carbonyl (C=O) groups is 2. The first-order chi connectivity index (χ1) is 10.6. The largest absolute Gasteiger partial charge is 0.378 e. The maximum Gasteiger partial charge on any atom is 0.232 e. The molecule has 0 bridgehead atoms. The minimum absolute atomic E-state index is 0.121. The molecule has 0 spiro atoms. The second-order valence-electron chi connectivity index (χ2n) is 6.40. The van der Waals surface area contributed by atoms with Gasteiger partial charge in [0.2, 0.25) is 11.8 Å². The van der Waals surface area contributed by atoms with Gasteiger partial charge in [0.15, 0.2) is 0 Å². The van der Waals surface area contributed by atoms with Crippen LogP contribution >= 0.6 is 11.8 Å². The Hall–Kier alpha value is -0.750. The van der Waals surface area contributed by atoms with Gasteiger partial charge in [0.1, 0.15) is 0 Å². The molecule has 0 radical (unpaired) electrons. The lowest BCUT2D eigenvalue weighted by atomic mass is 9.87. The minimum atomic E-state index is 0.121. The first-order valence-corrected chi connectivity index (χ1v) is 9.42. The summed E-state index contributed by atoms with van der Waals surface area (Å²) in [6, 6.07) is 0.388. The maximum absolute atomic E-state index is 12.2. The lowest BCUT2D eigenvalue weighted by Crippen LogP contribution is -2.42. The molecule has 2 aliphatic rings. The molecule has 2 rings (SSSR count). The molecular formula is C16H28N2O3S. The summed E-state index contributed by atoms with van der Waals surface area (Å²) in [5, 5.41) is 0. The minimum Gasteiger partial charge on any atom is -0.378 e. The number of hydrogen-bond acceptors (Lipinski definition) is 4. The molecule has 5 nitrogen and oxygen atoms in total. The van der Waals surface area contributed by atoms with E-state index in [0.29, 0.717) is 43.9 Å². The van der Waals surface area contributed by atoms with Gasteiger partial charge in [-0.2, -0.15) is 0 Å². The highest BCUT2D eigenvalue weighted by molar-refractivity contribution is 8.00. The van der Waals surface area contributed by atoms with Crippen molar-refractivity contribution in [1.29, 1.82) is 0 Å². The van der Waals surface area contributed by atoms with Crippen molar-refractivity contribution in [2.24, 2.45) is 5.92 Å². The number of thioether (sulfide) groups is 1. The Bertz CT molecular complexity index is 378. The van der Waals surface area contributed by atoms with Crippen molar-refractivity contribution in [2.45, 2.75) is 38.6 Å². The van der Waals surface area contributed by atoms with Gasteiger partial charge >= 0.3 is 0 Å².